The smallest absolute Gasteiger partial charge is 0.308 e. The van der Waals surface area contributed by atoms with E-state index in [2.05, 4.69) is 11.4 Å². The minimum atomic E-state index is -4.62. The molecule has 0 fully saturated rings. The van der Waals surface area contributed by atoms with Gasteiger partial charge in [0.2, 0.25) is 0 Å². The predicted octanol–water partition coefficient (Wildman–Crippen LogP) is 4.29. The number of carbonyl (C=O) groups is 1. The second kappa shape index (κ2) is 5.82. The van der Waals surface area contributed by atoms with Crippen LogP contribution in [0.25, 0.3) is 0 Å². The summed E-state index contributed by atoms with van der Waals surface area (Å²) in [6, 6.07) is 9.87. The van der Waals surface area contributed by atoms with E-state index < -0.39 is 29.3 Å². The first kappa shape index (κ1) is 14.8. The van der Waals surface area contributed by atoms with E-state index in [0.29, 0.717) is 23.9 Å². The van der Waals surface area contributed by atoms with Crippen molar-refractivity contribution in [1.29, 1.82) is 0 Å². The topological polar surface area (TPSA) is 41.1 Å². The van der Waals surface area contributed by atoms with Crippen molar-refractivity contribution < 1.29 is 22.4 Å². The van der Waals surface area contributed by atoms with Gasteiger partial charge in [0.25, 0.3) is 0 Å². The standard InChI is InChI=1S/C14H9F4N2O/c15-11-7-6-9(14(16,17)18)8-12(11)20-13(21)19-10-4-2-1-3-5-10/h1-2,4-8H,(H2,19,20,21). The molecule has 0 aromatic heterocycles. The Morgan fingerprint density at radius 3 is 2.52 bits per heavy atom. The number of hydrogen-bond donors (Lipinski definition) is 2. The lowest BCUT2D eigenvalue weighted by Crippen LogP contribution is -2.20. The molecular formula is C14H9F4N2O. The van der Waals surface area contributed by atoms with Crippen LogP contribution in [0.2, 0.25) is 0 Å². The minimum Gasteiger partial charge on any atom is -0.308 e. The summed E-state index contributed by atoms with van der Waals surface area (Å²) in [5.41, 5.74) is -1.23. The van der Waals surface area contributed by atoms with E-state index >= 15 is 0 Å². The highest BCUT2D eigenvalue weighted by atomic mass is 19.4. The number of benzene rings is 2. The van der Waals surface area contributed by atoms with Crippen LogP contribution < -0.4 is 10.6 Å². The summed E-state index contributed by atoms with van der Waals surface area (Å²) in [5, 5.41) is 4.38. The van der Waals surface area contributed by atoms with Gasteiger partial charge in [0.15, 0.2) is 0 Å². The summed E-state index contributed by atoms with van der Waals surface area (Å²) in [4.78, 5) is 11.6. The maximum Gasteiger partial charge on any atom is 0.416 e. The van der Waals surface area contributed by atoms with E-state index in [1.165, 1.54) is 6.07 Å². The van der Waals surface area contributed by atoms with Crippen molar-refractivity contribution in [3.8, 4) is 0 Å². The van der Waals surface area contributed by atoms with Crippen LogP contribution in [0.3, 0.4) is 0 Å². The summed E-state index contributed by atoms with van der Waals surface area (Å²) in [7, 11) is 0. The number of urea groups is 1. The molecule has 2 aromatic rings. The summed E-state index contributed by atoms with van der Waals surface area (Å²) >= 11 is 0. The molecule has 2 aromatic carbocycles. The number of hydrogen-bond acceptors (Lipinski definition) is 1. The highest BCUT2D eigenvalue weighted by Gasteiger charge is 2.31. The van der Waals surface area contributed by atoms with Crippen LogP contribution in [0.5, 0.6) is 0 Å². The van der Waals surface area contributed by atoms with Crippen molar-refractivity contribution in [2.45, 2.75) is 6.18 Å². The quantitative estimate of drug-likeness (QED) is 0.798. The number of anilines is 2. The van der Waals surface area contributed by atoms with Crippen molar-refractivity contribution in [1.82, 2.24) is 0 Å². The first-order valence-electron chi connectivity index (χ1n) is 5.77. The molecule has 1 radical (unpaired) electrons. The molecule has 0 atom stereocenters. The van der Waals surface area contributed by atoms with E-state index in [1.807, 2.05) is 5.32 Å². The molecule has 2 N–H and O–H groups in total. The maximum absolute atomic E-state index is 13.4. The molecule has 7 heteroatoms. The maximum atomic E-state index is 13.4. The summed E-state index contributed by atoms with van der Waals surface area (Å²) < 4.78 is 51.0. The fourth-order valence-electron chi connectivity index (χ4n) is 1.55. The lowest BCUT2D eigenvalue weighted by molar-refractivity contribution is -0.137. The van der Waals surface area contributed by atoms with Crippen molar-refractivity contribution in [2.24, 2.45) is 0 Å². The lowest BCUT2D eigenvalue weighted by atomic mass is 10.2. The summed E-state index contributed by atoms with van der Waals surface area (Å²) in [5.74, 6) is -0.960. The Kier molecular flexibility index (Phi) is 4.11. The van der Waals surface area contributed by atoms with E-state index in [4.69, 9.17) is 0 Å². The van der Waals surface area contributed by atoms with Gasteiger partial charge in [-0.1, -0.05) is 12.1 Å². The Bertz CT molecular complexity index is 641. The number of amides is 2. The molecule has 0 saturated heterocycles. The van der Waals surface area contributed by atoms with Crippen LogP contribution in [0.1, 0.15) is 5.56 Å². The third-order valence-electron chi connectivity index (χ3n) is 2.51. The van der Waals surface area contributed by atoms with E-state index in [0.717, 1.165) is 0 Å². The Balaban J connectivity index is 2.14. The zero-order chi connectivity index (χ0) is 15.5. The van der Waals surface area contributed by atoms with Gasteiger partial charge >= 0.3 is 12.2 Å². The molecule has 0 spiro atoms. The molecule has 109 valence electrons. The normalized spacial score (nSPS) is 11.0. The largest absolute Gasteiger partial charge is 0.416 e. The second-order valence-electron chi connectivity index (χ2n) is 4.06. The number of rotatable bonds is 2. The van der Waals surface area contributed by atoms with E-state index in [-0.39, 0.29) is 0 Å². The highest BCUT2D eigenvalue weighted by molar-refractivity contribution is 5.99. The van der Waals surface area contributed by atoms with Gasteiger partial charge in [0.1, 0.15) is 5.82 Å². The Hall–Kier alpha value is -2.57. The molecule has 2 amide bonds. The van der Waals surface area contributed by atoms with Crippen molar-refractivity contribution in [3.63, 3.8) is 0 Å². The molecule has 21 heavy (non-hydrogen) atoms. The van der Waals surface area contributed by atoms with Crippen LogP contribution in [0.15, 0.2) is 42.5 Å². The number of alkyl halides is 3. The summed E-state index contributed by atoms with van der Waals surface area (Å²) in [6.07, 6.45) is -4.62. The summed E-state index contributed by atoms with van der Waals surface area (Å²) in [6.45, 7) is 0. The van der Waals surface area contributed by atoms with Crippen LogP contribution in [0.4, 0.5) is 33.7 Å². The molecule has 3 nitrogen and oxygen atoms in total. The minimum absolute atomic E-state index is 0.377. The molecule has 0 unspecified atom stereocenters. The monoisotopic (exact) mass is 297 g/mol. The van der Waals surface area contributed by atoms with Crippen molar-refractivity contribution in [3.05, 3.63) is 59.9 Å². The molecule has 0 aliphatic carbocycles. The van der Waals surface area contributed by atoms with Crippen LogP contribution in [-0.2, 0) is 6.18 Å². The number of carbonyl (C=O) groups excluding carboxylic acids is 1. The SMILES string of the molecule is O=C(Nc1c[c]ccc1)Nc1cc(C(F)(F)F)ccc1F. The van der Waals surface area contributed by atoms with Gasteiger partial charge in [0, 0.05) is 5.69 Å². The highest BCUT2D eigenvalue weighted by Crippen LogP contribution is 2.31. The van der Waals surface area contributed by atoms with Gasteiger partial charge in [-0.15, -0.1) is 0 Å². The van der Waals surface area contributed by atoms with Crippen molar-refractivity contribution >= 4 is 17.4 Å². The molecule has 0 aliphatic heterocycles. The molecule has 0 bridgehead atoms. The van der Waals surface area contributed by atoms with Gasteiger partial charge in [-0.2, -0.15) is 13.2 Å². The first-order valence-corrected chi connectivity index (χ1v) is 5.77. The van der Waals surface area contributed by atoms with E-state index in [1.54, 1.807) is 18.2 Å². The van der Waals surface area contributed by atoms with Gasteiger partial charge < -0.3 is 10.6 Å². The van der Waals surface area contributed by atoms with Crippen molar-refractivity contribution in [2.75, 3.05) is 10.6 Å². The predicted molar refractivity (Wildman–Crippen MR) is 69.3 cm³/mol. The zero-order valence-electron chi connectivity index (χ0n) is 10.5. The van der Waals surface area contributed by atoms with Gasteiger partial charge in [-0.05, 0) is 36.4 Å². The third kappa shape index (κ3) is 3.95. The van der Waals surface area contributed by atoms with Gasteiger partial charge in [0.05, 0.1) is 11.3 Å². The van der Waals surface area contributed by atoms with Crippen LogP contribution in [-0.4, -0.2) is 6.03 Å². The average molecular weight is 297 g/mol. The number of halogens is 4. The fourth-order valence-corrected chi connectivity index (χ4v) is 1.55. The first-order chi connectivity index (χ1) is 9.86. The Morgan fingerprint density at radius 1 is 1.14 bits per heavy atom. The average Bonchev–Trinajstić information content (AvgIpc) is 2.41. The van der Waals surface area contributed by atoms with Gasteiger partial charge in [-0.25, -0.2) is 9.18 Å². The molecule has 0 saturated carbocycles. The molecule has 0 aliphatic rings. The van der Waals surface area contributed by atoms with E-state index in [9.17, 15) is 22.4 Å². The third-order valence-corrected chi connectivity index (χ3v) is 2.51. The molecular weight excluding hydrogens is 288 g/mol. The Labute approximate surface area is 117 Å². The lowest BCUT2D eigenvalue weighted by Gasteiger charge is -2.11. The van der Waals surface area contributed by atoms with Gasteiger partial charge in [-0.3, -0.25) is 0 Å². The molecule has 2 rings (SSSR count). The van der Waals surface area contributed by atoms with Crippen LogP contribution >= 0.6 is 0 Å². The second-order valence-corrected chi connectivity index (χ2v) is 4.06. The van der Waals surface area contributed by atoms with Crippen LogP contribution in [0, 0.1) is 11.9 Å². The number of nitrogens with one attached hydrogen (secondary N) is 2. The Morgan fingerprint density at radius 2 is 1.90 bits per heavy atom. The fraction of sp³-hybridized carbons (Fsp3) is 0.0714. The molecule has 0 heterocycles. The zero-order valence-corrected chi connectivity index (χ0v) is 10.5.